The van der Waals surface area contributed by atoms with Crippen molar-refractivity contribution < 1.29 is 19.4 Å². The molecule has 0 aliphatic rings. The molecule has 1 atom stereocenters. The van der Waals surface area contributed by atoms with Gasteiger partial charge in [-0.3, -0.25) is 4.79 Å². The molecule has 0 fully saturated rings. The van der Waals surface area contributed by atoms with Crippen LogP contribution < -0.4 is 0 Å². The van der Waals surface area contributed by atoms with E-state index < -0.39 is 12.6 Å². The lowest BCUT2D eigenvalue weighted by Crippen LogP contribution is -2.33. The molecule has 0 saturated heterocycles. The standard InChI is InChI=1S/C13H16ClNO4/c1-9(10-3-5-11(14)6-4-10)15(2)12(16)7-19-8-13(17)18/h3-6,9H,7-8H2,1-2H3,(H,17,18). The lowest BCUT2D eigenvalue weighted by atomic mass is 10.1. The third-order valence-corrected chi connectivity index (χ3v) is 3.03. The average molecular weight is 286 g/mol. The van der Waals surface area contributed by atoms with Crippen molar-refractivity contribution in [1.29, 1.82) is 0 Å². The molecular weight excluding hydrogens is 270 g/mol. The van der Waals surface area contributed by atoms with Gasteiger partial charge in [0.1, 0.15) is 13.2 Å². The number of carbonyl (C=O) groups excluding carboxylic acids is 1. The molecule has 0 spiro atoms. The molecular formula is C13H16ClNO4. The third kappa shape index (κ3) is 4.89. The van der Waals surface area contributed by atoms with Crippen LogP contribution in [0.3, 0.4) is 0 Å². The predicted octanol–water partition coefficient (Wildman–Crippen LogP) is 1.96. The zero-order valence-corrected chi connectivity index (χ0v) is 11.6. The number of hydrogen-bond donors (Lipinski definition) is 1. The molecule has 19 heavy (non-hydrogen) atoms. The number of aliphatic carboxylic acids is 1. The summed E-state index contributed by atoms with van der Waals surface area (Å²) in [5, 5.41) is 9.05. The van der Waals surface area contributed by atoms with Crippen molar-refractivity contribution >= 4 is 23.5 Å². The van der Waals surface area contributed by atoms with Crippen LogP contribution in [0, 0.1) is 0 Å². The highest BCUT2D eigenvalue weighted by molar-refractivity contribution is 6.30. The van der Waals surface area contributed by atoms with Gasteiger partial charge < -0.3 is 14.7 Å². The number of halogens is 1. The Morgan fingerprint density at radius 1 is 1.32 bits per heavy atom. The van der Waals surface area contributed by atoms with Gasteiger partial charge in [0.2, 0.25) is 5.91 Å². The monoisotopic (exact) mass is 285 g/mol. The summed E-state index contributed by atoms with van der Waals surface area (Å²) in [5.41, 5.74) is 0.943. The number of benzene rings is 1. The molecule has 1 aromatic carbocycles. The number of nitrogens with zero attached hydrogens (tertiary/aromatic N) is 1. The fraction of sp³-hybridized carbons (Fsp3) is 0.385. The second kappa shape index (κ2) is 7.11. The maximum Gasteiger partial charge on any atom is 0.329 e. The lowest BCUT2D eigenvalue weighted by molar-refractivity contribution is -0.146. The summed E-state index contributed by atoms with van der Waals surface area (Å²) in [5.74, 6) is -1.37. The Labute approximate surface area is 116 Å². The second-order valence-electron chi connectivity index (χ2n) is 4.12. The van der Waals surface area contributed by atoms with E-state index in [1.54, 1.807) is 19.2 Å². The van der Waals surface area contributed by atoms with E-state index in [9.17, 15) is 9.59 Å². The van der Waals surface area contributed by atoms with E-state index in [2.05, 4.69) is 0 Å². The molecule has 0 aromatic heterocycles. The van der Waals surface area contributed by atoms with E-state index in [1.807, 2.05) is 19.1 Å². The summed E-state index contributed by atoms with van der Waals surface area (Å²) >= 11 is 5.80. The van der Waals surface area contributed by atoms with E-state index in [0.29, 0.717) is 5.02 Å². The van der Waals surface area contributed by atoms with Crippen LogP contribution in [0.4, 0.5) is 0 Å². The average Bonchev–Trinajstić information content (AvgIpc) is 2.37. The van der Waals surface area contributed by atoms with Gasteiger partial charge >= 0.3 is 5.97 Å². The van der Waals surface area contributed by atoms with E-state index in [4.69, 9.17) is 21.4 Å². The molecule has 0 saturated carbocycles. The Balaban J connectivity index is 2.56. The fourth-order valence-corrected chi connectivity index (χ4v) is 1.63. The van der Waals surface area contributed by atoms with Gasteiger partial charge in [-0.1, -0.05) is 23.7 Å². The van der Waals surface area contributed by atoms with Gasteiger partial charge in [-0.2, -0.15) is 0 Å². The number of carboxylic acids is 1. The second-order valence-corrected chi connectivity index (χ2v) is 4.56. The fourth-order valence-electron chi connectivity index (χ4n) is 1.51. The van der Waals surface area contributed by atoms with E-state index >= 15 is 0 Å². The van der Waals surface area contributed by atoms with Crippen molar-refractivity contribution in [1.82, 2.24) is 4.90 Å². The molecule has 0 heterocycles. The minimum atomic E-state index is -1.10. The number of amides is 1. The topological polar surface area (TPSA) is 66.8 Å². The molecule has 0 radical (unpaired) electrons. The first-order chi connectivity index (χ1) is 8.91. The van der Waals surface area contributed by atoms with Crippen molar-refractivity contribution in [3.63, 3.8) is 0 Å². The number of carboxylic acid groups (broad SMARTS) is 1. The third-order valence-electron chi connectivity index (χ3n) is 2.78. The first kappa shape index (κ1) is 15.5. The zero-order valence-electron chi connectivity index (χ0n) is 10.8. The molecule has 1 rings (SSSR count). The molecule has 1 unspecified atom stereocenters. The maximum atomic E-state index is 11.8. The number of likely N-dealkylation sites (N-methyl/N-ethyl adjacent to an activating group) is 1. The van der Waals surface area contributed by atoms with Gasteiger partial charge in [0.05, 0.1) is 6.04 Å². The molecule has 1 aromatic rings. The van der Waals surface area contributed by atoms with Crippen LogP contribution >= 0.6 is 11.6 Å². The summed E-state index contributed by atoms with van der Waals surface area (Å²) < 4.78 is 4.77. The molecule has 0 bridgehead atoms. The SMILES string of the molecule is CC(c1ccc(Cl)cc1)N(C)C(=O)COCC(=O)O. The first-order valence-electron chi connectivity index (χ1n) is 5.72. The van der Waals surface area contributed by atoms with Crippen LogP contribution in [-0.4, -0.2) is 42.1 Å². The Bertz CT molecular complexity index is 446. The molecule has 1 N–H and O–H groups in total. The highest BCUT2D eigenvalue weighted by atomic mass is 35.5. The van der Waals surface area contributed by atoms with E-state index in [1.165, 1.54) is 4.90 Å². The minimum Gasteiger partial charge on any atom is -0.480 e. The summed E-state index contributed by atoms with van der Waals surface area (Å²) in [6.45, 7) is 1.15. The number of hydrogen-bond acceptors (Lipinski definition) is 3. The van der Waals surface area contributed by atoms with Crippen LogP contribution in [0.15, 0.2) is 24.3 Å². The van der Waals surface area contributed by atoms with E-state index in [-0.39, 0.29) is 18.6 Å². The highest BCUT2D eigenvalue weighted by Crippen LogP contribution is 2.20. The molecule has 5 nitrogen and oxygen atoms in total. The van der Waals surface area contributed by atoms with Gasteiger partial charge in [-0.05, 0) is 24.6 Å². The van der Waals surface area contributed by atoms with Crippen molar-refractivity contribution in [2.24, 2.45) is 0 Å². The first-order valence-corrected chi connectivity index (χ1v) is 6.10. The molecule has 0 aliphatic heterocycles. The highest BCUT2D eigenvalue weighted by Gasteiger charge is 2.17. The van der Waals surface area contributed by atoms with Gasteiger partial charge in [-0.25, -0.2) is 4.79 Å². The largest absolute Gasteiger partial charge is 0.480 e. The summed E-state index contributed by atoms with van der Waals surface area (Å²) in [6.07, 6.45) is 0. The number of rotatable bonds is 6. The van der Waals surface area contributed by atoms with Crippen LogP contribution in [0.2, 0.25) is 5.02 Å². The number of ether oxygens (including phenoxy) is 1. The van der Waals surface area contributed by atoms with Crippen molar-refractivity contribution in [2.75, 3.05) is 20.3 Å². The zero-order chi connectivity index (χ0) is 14.4. The maximum absolute atomic E-state index is 11.8. The summed E-state index contributed by atoms with van der Waals surface area (Å²) in [7, 11) is 1.64. The van der Waals surface area contributed by atoms with Crippen LogP contribution in [0.5, 0.6) is 0 Å². The van der Waals surface area contributed by atoms with Crippen molar-refractivity contribution in [2.45, 2.75) is 13.0 Å². The molecule has 104 valence electrons. The summed E-state index contributed by atoms with van der Waals surface area (Å²) in [6, 6.07) is 7.06. The predicted molar refractivity (Wildman–Crippen MR) is 71.1 cm³/mol. The Hall–Kier alpha value is -1.59. The van der Waals surface area contributed by atoms with Crippen molar-refractivity contribution in [3.8, 4) is 0 Å². The molecule has 1 amide bonds. The smallest absolute Gasteiger partial charge is 0.329 e. The quantitative estimate of drug-likeness (QED) is 0.868. The Morgan fingerprint density at radius 2 is 1.89 bits per heavy atom. The van der Waals surface area contributed by atoms with Crippen molar-refractivity contribution in [3.05, 3.63) is 34.9 Å². The Morgan fingerprint density at radius 3 is 2.42 bits per heavy atom. The van der Waals surface area contributed by atoms with Crippen LogP contribution in [0.25, 0.3) is 0 Å². The van der Waals surface area contributed by atoms with Gasteiger partial charge in [0.25, 0.3) is 0 Å². The van der Waals surface area contributed by atoms with Gasteiger partial charge in [-0.15, -0.1) is 0 Å². The molecule has 0 aliphatic carbocycles. The van der Waals surface area contributed by atoms with Crippen LogP contribution in [0.1, 0.15) is 18.5 Å². The number of carbonyl (C=O) groups is 2. The molecule has 6 heteroatoms. The van der Waals surface area contributed by atoms with E-state index in [0.717, 1.165) is 5.56 Å². The normalized spacial score (nSPS) is 11.9. The summed E-state index contributed by atoms with van der Waals surface area (Å²) in [4.78, 5) is 23.6. The van der Waals surface area contributed by atoms with Gasteiger partial charge in [0, 0.05) is 12.1 Å². The Kier molecular flexibility index (Phi) is 5.79. The minimum absolute atomic E-state index is 0.141. The van der Waals surface area contributed by atoms with Crippen LogP contribution in [-0.2, 0) is 14.3 Å². The lowest BCUT2D eigenvalue weighted by Gasteiger charge is -2.25. The van der Waals surface area contributed by atoms with Gasteiger partial charge in [0.15, 0.2) is 0 Å².